The van der Waals surface area contributed by atoms with Gasteiger partial charge in [0.2, 0.25) is 0 Å². The number of hydrogen-bond acceptors (Lipinski definition) is 1. The molecule has 58 valence electrons. The SMILES string of the molecule is O=[As]c1cc(F)c(F)c(Br)c1. The molecule has 0 radical (unpaired) electrons. The molecule has 0 saturated carbocycles. The van der Waals surface area contributed by atoms with E-state index in [0.717, 1.165) is 6.07 Å². The third kappa shape index (κ3) is 1.94. The van der Waals surface area contributed by atoms with Crippen LogP contribution in [0.25, 0.3) is 0 Å². The molecule has 0 bridgehead atoms. The molecule has 0 atom stereocenters. The number of hydrogen-bond donors (Lipinski definition) is 0. The molecule has 0 aliphatic rings. The van der Waals surface area contributed by atoms with Crippen molar-refractivity contribution in [2.75, 3.05) is 0 Å². The van der Waals surface area contributed by atoms with Crippen LogP contribution in [-0.4, -0.2) is 15.7 Å². The van der Waals surface area contributed by atoms with Crippen molar-refractivity contribution in [1.82, 2.24) is 0 Å². The Morgan fingerprint density at radius 3 is 2.45 bits per heavy atom. The average molecular weight is 283 g/mol. The molecule has 0 heterocycles. The van der Waals surface area contributed by atoms with Gasteiger partial charge in [-0.25, -0.2) is 0 Å². The normalized spacial score (nSPS) is 10.5. The summed E-state index contributed by atoms with van der Waals surface area (Å²) < 4.78 is 35.7. The maximum atomic E-state index is 12.5. The van der Waals surface area contributed by atoms with Crippen LogP contribution in [0.4, 0.5) is 8.78 Å². The molecule has 1 nitrogen and oxygen atoms in total. The van der Waals surface area contributed by atoms with Gasteiger partial charge in [-0.2, -0.15) is 0 Å². The molecule has 0 aromatic heterocycles. The van der Waals surface area contributed by atoms with Crippen molar-refractivity contribution in [2.45, 2.75) is 0 Å². The van der Waals surface area contributed by atoms with Gasteiger partial charge in [0.05, 0.1) is 0 Å². The van der Waals surface area contributed by atoms with E-state index in [-0.39, 0.29) is 4.47 Å². The van der Waals surface area contributed by atoms with Crippen LogP contribution >= 0.6 is 15.9 Å². The Morgan fingerprint density at radius 1 is 1.36 bits per heavy atom. The molecule has 0 saturated heterocycles. The predicted molar refractivity (Wildman–Crippen MR) is 40.1 cm³/mol. The second-order valence-electron chi connectivity index (χ2n) is 1.81. The van der Waals surface area contributed by atoms with Crippen LogP contribution in [0.1, 0.15) is 0 Å². The van der Waals surface area contributed by atoms with Gasteiger partial charge in [-0.3, -0.25) is 0 Å². The van der Waals surface area contributed by atoms with Gasteiger partial charge >= 0.3 is 76.7 Å². The number of halogens is 3. The van der Waals surface area contributed by atoms with E-state index in [4.69, 9.17) is 0 Å². The summed E-state index contributed by atoms with van der Waals surface area (Å²) in [6, 6.07) is 2.25. The van der Waals surface area contributed by atoms with Crippen molar-refractivity contribution in [1.29, 1.82) is 0 Å². The van der Waals surface area contributed by atoms with Gasteiger partial charge in [0.1, 0.15) is 0 Å². The fourth-order valence-electron chi connectivity index (χ4n) is 0.595. The zero-order valence-corrected chi connectivity index (χ0v) is 8.61. The molecule has 0 aliphatic heterocycles. The monoisotopic (exact) mass is 282 g/mol. The molecule has 5 heteroatoms. The zero-order chi connectivity index (χ0) is 8.43. The fraction of sp³-hybridized carbons (Fsp3) is 0. The van der Waals surface area contributed by atoms with Crippen molar-refractivity contribution in [3.05, 3.63) is 28.2 Å². The Labute approximate surface area is 76.8 Å². The Balaban J connectivity index is 3.31. The van der Waals surface area contributed by atoms with Gasteiger partial charge in [-0.1, -0.05) is 0 Å². The maximum absolute atomic E-state index is 12.5. The van der Waals surface area contributed by atoms with Crippen molar-refractivity contribution >= 4 is 36.0 Å². The second-order valence-corrected chi connectivity index (χ2v) is 4.14. The molecule has 0 N–H and O–H groups in total. The summed E-state index contributed by atoms with van der Waals surface area (Å²) in [6.45, 7) is 0. The van der Waals surface area contributed by atoms with Crippen molar-refractivity contribution in [3.63, 3.8) is 0 Å². The van der Waals surface area contributed by atoms with Crippen LogP contribution in [0.2, 0.25) is 0 Å². The van der Waals surface area contributed by atoms with E-state index < -0.39 is 27.3 Å². The summed E-state index contributed by atoms with van der Waals surface area (Å²) in [5.41, 5.74) is 0. The third-order valence-corrected chi connectivity index (χ3v) is 2.64. The second kappa shape index (κ2) is 3.54. The summed E-state index contributed by atoms with van der Waals surface area (Å²) in [5.74, 6) is -1.91. The standard InChI is InChI=1S/C6H2AsBrF2O/c8-4-1-3(7-11)2-5(9)6(4)10/h1-2H. The van der Waals surface area contributed by atoms with Crippen LogP contribution in [0.3, 0.4) is 0 Å². The summed E-state index contributed by atoms with van der Waals surface area (Å²) >= 11 is 1.50. The van der Waals surface area contributed by atoms with E-state index in [1.807, 2.05) is 0 Å². The van der Waals surface area contributed by atoms with Gasteiger partial charge in [-0.05, 0) is 0 Å². The van der Waals surface area contributed by atoms with Gasteiger partial charge in [0, 0.05) is 0 Å². The van der Waals surface area contributed by atoms with E-state index in [2.05, 4.69) is 15.9 Å². The first-order chi connectivity index (χ1) is 5.15. The topological polar surface area (TPSA) is 17.1 Å². The van der Waals surface area contributed by atoms with E-state index >= 15 is 0 Å². The minimum atomic E-state index is -1.29. The third-order valence-electron chi connectivity index (χ3n) is 1.07. The molecular weight excluding hydrogens is 281 g/mol. The Morgan fingerprint density at radius 2 is 2.00 bits per heavy atom. The van der Waals surface area contributed by atoms with Crippen molar-refractivity contribution in [2.24, 2.45) is 0 Å². The van der Waals surface area contributed by atoms with Gasteiger partial charge < -0.3 is 0 Å². The zero-order valence-electron chi connectivity index (χ0n) is 5.14. The number of benzene rings is 1. The molecule has 1 aromatic carbocycles. The van der Waals surface area contributed by atoms with E-state index in [9.17, 15) is 12.5 Å². The van der Waals surface area contributed by atoms with Crippen LogP contribution in [0.5, 0.6) is 0 Å². The molecule has 0 aliphatic carbocycles. The fourth-order valence-corrected chi connectivity index (χ4v) is 2.15. The average Bonchev–Trinajstić information content (AvgIpc) is 1.99. The van der Waals surface area contributed by atoms with Gasteiger partial charge in [0.25, 0.3) is 0 Å². The summed E-state index contributed by atoms with van der Waals surface area (Å²) in [5, 5.41) is 0. The first-order valence-electron chi connectivity index (χ1n) is 2.63. The first-order valence-corrected chi connectivity index (χ1v) is 5.13. The molecule has 1 rings (SSSR count). The number of rotatable bonds is 1. The van der Waals surface area contributed by atoms with Crippen molar-refractivity contribution in [3.8, 4) is 0 Å². The molecular formula is C6H2AsBrF2O. The van der Waals surface area contributed by atoms with Crippen LogP contribution in [-0.2, 0) is 3.74 Å². The molecule has 0 amide bonds. The van der Waals surface area contributed by atoms with Gasteiger partial charge in [-0.15, -0.1) is 0 Å². The molecule has 0 spiro atoms. The van der Waals surface area contributed by atoms with Crippen LogP contribution in [0.15, 0.2) is 16.6 Å². The van der Waals surface area contributed by atoms with Crippen LogP contribution in [0, 0.1) is 11.6 Å². The van der Waals surface area contributed by atoms with Crippen LogP contribution < -0.4 is 4.35 Å². The first kappa shape index (κ1) is 9.01. The van der Waals surface area contributed by atoms with Crippen molar-refractivity contribution < 1.29 is 12.5 Å². The molecule has 1 aromatic rings. The van der Waals surface area contributed by atoms with Gasteiger partial charge in [0.15, 0.2) is 0 Å². The quantitative estimate of drug-likeness (QED) is 0.562. The molecule has 11 heavy (non-hydrogen) atoms. The molecule has 0 unspecified atom stereocenters. The Bertz CT molecular complexity index is 280. The summed E-state index contributed by atoms with van der Waals surface area (Å²) in [6.07, 6.45) is 0. The molecule has 0 fully saturated rings. The Kier molecular flexibility index (Phi) is 2.90. The Hall–Kier alpha value is -0.0816. The summed E-state index contributed by atoms with van der Waals surface area (Å²) in [4.78, 5) is 0. The van der Waals surface area contributed by atoms with E-state index in [1.54, 1.807) is 0 Å². The van der Waals surface area contributed by atoms with E-state index in [1.165, 1.54) is 6.07 Å². The minimum absolute atomic E-state index is 0.0127. The predicted octanol–water partition coefficient (Wildman–Crippen LogP) is 1.40. The summed E-state index contributed by atoms with van der Waals surface area (Å²) in [7, 11) is 0. The van der Waals surface area contributed by atoms with E-state index in [0.29, 0.717) is 4.35 Å².